The number of anilines is 1. The van der Waals surface area contributed by atoms with Gasteiger partial charge in [0.15, 0.2) is 0 Å². The summed E-state index contributed by atoms with van der Waals surface area (Å²) in [6.07, 6.45) is -0.629. The lowest BCUT2D eigenvalue weighted by Gasteiger charge is -2.04. The first-order valence-corrected chi connectivity index (χ1v) is 4.27. The molecule has 80 valence electrons. The van der Waals surface area contributed by atoms with E-state index in [-0.39, 0.29) is 5.69 Å². The summed E-state index contributed by atoms with van der Waals surface area (Å²) < 4.78 is 13.0. The quantitative estimate of drug-likeness (QED) is 0.745. The van der Waals surface area contributed by atoms with Crippen molar-refractivity contribution >= 4 is 17.6 Å². The lowest BCUT2D eigenvalue weighted by molar-refractivity contribution is -0.139. The van der Waals surface area contributed by atoms with Gasteiger partial charge >= 0.3 is 5.97 Å². The lowest BCUT2D eigenvalue weighted by Crippen LogP contribution is -2.15. The van der Waals surface area contributed by atoms with Gasteiger partial charge in [0, 0.05) is 5.69 Å². The maximum Gasteiger partial charge on any atom is 0.312 e. The molecule has 1 amide bonds. The van der Waals surface area contributed by atoms with Crippen LogP contribution in [0.25, 0.3) is 0 Å². The number of aryl methyl sites for hydroxylation is 1. The molecule has 1 aromatic carbocycles. The number of halogens is 1. The number of carbonyl (C=O) groups is 2. The van der Waals surface area contributed by atoms with E-state index in [2.05, 4.69) is 5.32 Å². The van der Waals surface area contributed by atoms with Gasteiger partial charge in [-0.25, -0.2) is 4.39 Å². The van der Waals surface area contributed by atoms with Crippen molar-refractivity contribution in [3.8, 4) is 0 Å². The number of nitrogens with one attached hydrogen (secondary N) is 1. The number of aliphatic carboxylic acids is 1. The average molecular weight is 211 g/mol. The van der Waals surface area contributed by atoms with Crippen LogP contribution >= 0.6 is 0 Å². The molecule has 0 fully saturated rings. The normalized spacial score (nSPS) is 9.73. The molecule has 0 radical (unpaired) electrons. The summed E-state index contributed by atoms with van der Waals surface area (Å²) in [6, 6.07) is 4.17. The third-order valence-electron chi connectivity index (χ3n) is 1.77. The van der Waals surface area contributed by atoms with Crippen LogP contribution in [-0.2, 0) is 9.59 Å². The van der Waals surface area contributed by atoms with Crippen LogP contribution in [0.15, 0.2) is 18.2 Å². The van der Waals surface area contributed by atoms with Gasteiger partial charge in [0.25, 0.3) is 0 Å². The molecule has 0 aliphatic rings. The molecular formula is C10H10FNO3. The molecule has 0 bridgehead atoms. The van der Waals surface area contributed by atoms with Gasteiger partial charge in [-0.3, -0.25) is 9.59 Å². The van der Waals surface area contributed by atoms with E-state index < -0.39 is 24.1 Å². The maximum absolute atomic E-state index is 13.0. The average Bonchev–Trinajstić information content (AvgIpc) is 2.10. The Morgan fingerprint density at radius 3 is 2.67 bits per heavy atom. The third-order valence-corrected chi connectivity index (χ3v) is 1.77. The highest BCUT2D eigenvalue weighted by molar-refractivity contribution is 6.01. The largest absolute Gasteiger partial charge is 0.481 e. The molecule has 0 saturated carbocycles. The number of hydrogen-bond donors (Lipinski definition) is 2. The van der Waals surface area contributed by atoms with Gasteiger partial charge in [0.05, 0.1) is 0 Å². The highest BCUT2D eigenvalue weighted by Crippen LogP contribution is 2.13. The first-order valence-electron chi connectivity index (χ1n) is 4.27. The molecule has 0 saturated heterocycles. The minimum Gasteiger partial charge on any atom is -0.481 e. The van der Waals surface area contributed by atoms with Gasteiger partial charge in [-0.05, 0) is 24.6 Å². The fourth-order valence-electron chi connectivity index (χ4n) is 1.01. The molecule has 0 heterocycles. The lowest BCUT2D eigenvalue weighted by atomic mass is 10.2. The first-order chi connectivity index (χ1) is 6.99. The first kappa shape index (κ1) is 11.2. The van der Waals surface area contributed by atoms with Crippen molar-refractivity contribution in [2.75, 3.05) is 5.32 Å². The van der Waals surface area contributed by atoms with E-state index in [0.29, 0.717) is 5.56 Å². The van der Waals surface area contributed by atoms with Crippen LogP contribution in [0, 0.1) is 12.7 Å². The molecule has 0 unspecified atom stereocenters. The van der Waals surface area contributed by atoms with Crippen molar-refractivity contribution in [1.82, 2.24) is 0 Å². The SMILES string of the molecule is Cc1ccc(NC(=O)CC(=O)O)cc1F. The molecule has 0 aromatic heterocycles. The van der Waals surface area contributed by atoms with Crippen LogP contribution in [0.2, 0.25) is 0 Å². The predicted octanol–water partition coefficient (Wildman–Crippen LogP) is 1.55. The van der Waals surface area contributed by atoms with Crippen LogP contribution in [0.1, 0.15) is 12.0 Å². The second-order valence-corrected chi connectivity index (χ2v) is 3.08. The fourth-order valence-corrected chi connectivity index (χ4v) is 1.01. The Hall–Kier alpha value is -1.91. The van der Waals surface area contributed by atoms with E-state index in [1.165, 1.54) is 12.1 Å². The minimum atomic E-state index is -1.22. The molecule has 0 atom stereocenters. The summed E-state index contributed by atoms with van der Waals surface area (Å²) >= 11 is 0. The van der Waals surface area contributed by atoms with Crippen molar-refractivity contribution < 1.29 is 19.1 Å². The zero-order valence-corrected chi connectivity index (χ0v) is 8.08. The van der Waals surface area contributed by atoms with Crippen molar-refractivity contribution in [2.24, 2.45) is 0 Å². The van der Waals surface area contributed by atoms with Gasteiger partial charge < -0.3 is 10.4 Å². The van der Waals surface area contributed by atoms with Crippen LogP contribution in [0.4, 0.5) is 10.1 Å². The standard InChI is InChI=1S/C10H10FNO3/c1-6-2-3-7(4-8(6)11)12-9(13)5-10(14)15/h2-4H,5H2,1H3,(H,12,13)(H,14,15). The van der Waals surface area contributed by atoms with Crippen LogP contribution in [0.3, 0.4) is 0 Å². The molecule has 0 spiro atoms. The fraction of sp³-hybridized carbons (Fsp3) is 0.200. The van der Waals surface area contributed by atoms with E-state index in [1.54, 1.807) is 6.92 Å². The zero-order valence-electron chi connectivity index (χ0n) is 8.08. The van der Waals surface area contributed by atoms with Crippen LogP contribution < -0.4 is 5.32 Å². The molecule has 5 heteroatoms. The van der Waals surface area contributed by atoms with Gasteiger partial charge in [-0.15, -0.1) is 0 Å². The summed E-state index contributed by atoms with van der Waals surface area (Å²) in [6.45, 7) is 1.60. The summed E-state index contributed by atoms with van der Waals surface area (Å²) in [5.74, 6) is -2.34. The Morgan fingerprint density at radius 2 is 2.13 bits per heavy atom. The second-order valence-electron chi connectivity index (χ2n) is 3.08. The molecule has 15 heavy (non-hydrogen) atoms. The molecule has 0 aliphatic carbocycles. The maximum atomic E-state index is 13.0. The number of amides is 1. The van der Waals surface area contributed by atoms with Gasteiger partial charge in [-0.1, -0.05) is 6.07 Å². The molecule has 4 nitrogen and oxygen atoms in total. The topological polar surface area (TPSA) is 66.4 Å². The van der Waals surface area contributed by atoms with Crippen molar-refractivity contribution in [2.45, 2.75) is 13.3 Å². The number of hydrogen-bond acceptors (Lipinski definition) is 2. The molecular weight excluding hydrogens is 201 g/mol. The number of carboxylic acid groups (broad SMARTS) is 1. The number of benzene rings is 1. The van der Waals surface area contributed by atoms with Gasteiger partial charge in [-0.2, -0.15) is 0 Å². The van der Waals surface area contributed by atoms with E-state index in [9.17, 15) is 14.0 Å². The Bertz CT molecular complexity index is 404. The van der Waals surface area contributed by atoms with Crippen LogP contribution in [-0.4, -0.2) is 17.0 Å². The predicted molar refractivity (Wildman–Crippen MR) is 52.0 cm³/mol. The van der Waals surface area contributed by atoms with Gasteiger partial charge in [0.2, 0.25) is 5.91 Å². The summed E-state index contributed by atoms with van der Waals surface area (Å²) in [5, 5.41) is 10.6. The number of carbonyl (C=O) groups excluding carboxylic acids is 1. The summed E-state index contributed by atoms with van der Waals surface area (Å²) in [4.78, 5) is 21.2. The van der Waals surface area contributed by atoms with E-state index in [1.807, 2.05) is 0 Å². The van der Waals surface area contributed by atoms with Crippen molar-refractivity contribution in [3.05, 3.63) is 29.6 Å². The van der Waals surface area contributed by atoms with E-state index in [4.69, 9.17) is 5.11 Å². The highest BCUT2D eigenvalue weighted by atomic mass is 19.1. The Kier molecular flexibility index (Phi) is 3.38. The smallest absolute Gasteiger partial charge is 0.312 e. The highest BCUT2D eigenvalue weighted by Gasteiger charge is 2.08. The third kappa shape index (κ3) is 3.38. The minimum absolute atomic E-state index is 0.254. The molecule has 1 rings (SSSR count). The molecule has 0 aliphatic heterocycles. The Morgan fingerprint density at radius 1 is 1.47 bits per heavy atom. The molecule has 2 N–H and O–H groups in total. The van der Waals surface area contributed by atoms with Crippen LogP contribution in [0.5, 0.6) is 0 Å². The van der Waals surface area contributed by atoms with E-state index in [0.717, 1.165) is 6.07 Å². The number of carboxylic acids is 1. The van der Waals surface area contributed by atoms with Crippen molar-refractivity contribution in [1.29, 1.82) is 0 Å². The Balaban J connectivity index is 2.69. The Labute approximate surface area is 85.7 Å². The van der Waals surface area contributed by atoms with Gasteiger partial charge in [0.1, 0.15) is 12.2 Å². The second kappa shape index (κ2) is 4.54. The zero-order chi connectivity index (χ0) is 11.4. The summed E-state index contributed by atoms with van der Waals surface area (Å²) in [5.41, 5.74) is 0.718. The van der Waals surface area contributed by atoms with E-state index >= 15 is 0 Å². The summed E-state index contributed by atoms with van der Waals surface area (Å²) in [7, 11) is 0. The van der Waals surface area contributed by atoms with Crippen molar-refractivity contribution in [3.63, 3.8) is 0 Å². The monoisotopic (exact) mass is 211 g/mol. The number of rotatable bonds is 3. The molecule has 1 aromatic rings.